The van der Waals surface area contributed by atoms with Crippen LogP contribution in [0.1, 0.15) is 17.7 Å². The molecular formula is C17H17N5. The molecule has 1 unspecified atom stereocenters. The minimum absolute atomic E-state index is 0.717. The smallest absolute Gasteiger partial charge is 0.156 e. The first-order valence-electron chi connectivity index (χ1n) is 7.36. The molecule has 5 nitrogen and oxygen atoms in total. The summed E-state index contributed by atoms with van der Waals surface area (Å²) in [6, 6.07) is 14.8. The number of hydrogen-bond donors (Lipinski definition) is 3. The number of nitrogens with two attached hydrogens (primary N) is 1. The van der Waals surface area contributed by atoms with E-state index in [1.165, 1.54) is 16.3 Å². The van der Waals surface area contributed by atoms with E-state index in [1.807, 2.05) is 0 Å². The van der Waals surface area contributed by atoms with Gasteiger partial charge in [-0.3, -0.25) is 0 Å². The first-order valence-corrected chi connectivity index (χ1v) is 7.36. The summed E-state index contributed by atoms with van der Waals surface area (Å²) in [5.41, 5.74) is 7.87. The number of rotatable bonds is 3. The van der Waals surface area contributed by atoms with Gasteiger partial charge in [0.15, 0.2) is 11.5 Å². The molecule has 5 heteroatoms. The van der Waals surface area contributed by atoms with Crippen molar-refractivity contribution in [1.82, 2.24) is 9.97 Å². The maximum Gasteiger partial charge on any atom is 0.156 e. The number of imidazole rings is 1. The molecule has 1 atom stereocenters. The van der Waals surface area contributed by atoms with Crippen LogP contribution in [0.25, 0.3) is 10.8 Å². The quantitative estimate of drug-likeness (QED) is 0.694. The van der Waals surface area contributed by atoms with Crippen molar-refractivity contribution in [1.29, 1.82) is 0 Å². The maximum atomic E-state index is 6.50. The third-order valence-electron chi connectivity index (χ3n) is 4.22. The molecule has 2 heterocycles. The lowest BCUT2D eigenvalue weighted by Gasteiger charge is -2.27. The van der Waals surface area contributed by atoms with Gasteiger partial charge >= 0.3 is 0 Å². The van der Waals surface area contributed by atoms with Crippen LogP contribution in [0.5, 0.6) is 0 Å². The molecule has 2 aromatic carbocycles. The van der Waals surface area contributed by atoms with E-state index in [2.05, 4.69) is 62.7 Å². The first kappa shape index (κ1) is 13.0. The maximum absolute atomic E-state index is 6.50. The minimum Gasteiger partial charge on any atom is -0.344 e. The van der Waals surface area contributed by atoms with Crippen molar-refractivity contribution in [3.8, 4) is 0 Å². The predicted octanol–water partition coefficient (Wildman–Crippen LogP) is 2.76. The highest BCUT2D eigenvalue weighted by atomic mass is 15.2. The van der Waals surface area contributed by atoms with Gasteiger partial charge < -0.3 is 16.0 Å². The largest absolute Gasteiger partial charge is 0.344 e. The average molecular weight is 291 g/mol. The van der Waals surface area contributed by atoms with E-state index >= 15 is 0 Å². The summed E-state index contributed by atoms with van der Waals surface area (Å²) in [6.45, 7) is 0. The van der Waals surface area contributed by atoms with Crippen molar-refractivity contribution >= 4 is 22.9 Å². The number of H-pyrrole nitrogens is 1. The highest BCUT2D eigenvalue weighted by molar-refractivity contribution is 5.85. The number of aliphatic imine (C=N–C) groups is 1. The number of anilines is 1. The van der Waals surface area contributed by atoms with Crippen molar-refractivity contribution in [2.24, 2.45) is 10.7 Å². The molecule has 4 N–H and O–H groups in total. The number of aryl methyl sites for hydroxylation is 1. The third kappa shape index (κ3) is 2.07. The van der Waals surface area contributed by atoms with Crippen molar-refractivity contribution in [3.63, 3.8) is 0 Å². The van der Waals surface area contributed by atoms with Gasteiger partial charge in [-0.05, 0) is 29.2 Å². The lowest BCUT2D eigenvalue weighted by molar-refractivity contribution is 0.420. The molecule has 0 saturated heterocycles. The van der Waals surface area contributed by atoms with Crippen LogP contribution in [-0.2, 0) is 12.1 Å². The van der Waals surface area contributed by atoms with Crippen LogP contribution in [-0.4, -0.2) is 16.3 Å². The second-order valence-electron chi connectivity index (χ2n) is 5.59. The topological polar surface area (TPSA) is 79.1 Å². The molecule has 1 aliphatic rings. The van der Waals surface area contributed by atoms with E-state index in [4.69, 9.17) is 5.73 Å². The number of fused-ring (bicyclic) bond motifs is 2. The number of nitrogens with one attached hydrogen (secondary N) is 2. The number of nitrogens with zero attached hydrogens (tertiary/aromatic N) is 2. The molecule has 0 spiro atoms. The molecule has 1 aliphatic heterocycles. The molecule has 4 rings (SSSR count). The molecule has 22 heavy (non-hydrogen) atoms. The SMILES string of the molecule is NC1(CCc2cccc3ccccc23)N=CNc2nc[nH]c21. The molecule has 0 fully saturated rings. The van der Waals surface area contributed by atoms with Crippen LogP contribution < -0.4 is 11.1 Å². The Bertz CT molecular complexity index is 846. The molecule has 1 aromatic heterocycles. The second-order valence-corrected chi connectivity index (χ2v) is 5.59. The van der Waals surface area contributed by atoms with E-state index < -0.39 is 5.66 Å². The van der Waals surface area contributed by atoms with Gasteiger partial charge in [-0.25, -0.2) is 9.98 Å². The Labute approximate surface area is 128 Å². The molecule has 0 amide bonds. The van der Waals surface area contributed by atoms with Gasteiger partial charge in [-0.2, -0.15) is 0 Å². The van der Waals surface area contributed by atoms with Crippen molar-refractivity contribution in [2.75, 3.05) is 5.32 Å². The summed E-state index contributed by atoms with van der Waals surface area (Å²) in [7, 11) is 0. The fourth-order valence-corrected chi connectivity index (χ4v) is 3.03. The van der Waals surface area contributed by atoms with Gasteiger partial charge in [0.05, 0.1) is 12.7 Å². The lowest BCUT2D eigenvalue weighted by Crippen LogP contribution is -2.39. The Morgan fingerprint density at radius 3 is 2.91 bits per heavy atom. The fraction of sp³-hybridized carbons (Fsp3) is 0.176. The molecule has 0 saturated carbocycles. The zero-order valence-corrected chi connectivity index (χ0v) is 12.1. The zero-order valence-electron chi connectivity index (χ0n) is 12.1. The highest BCUT2D eigenvalue weighted by Crippen LogP contribution is 2.32. The number of benzene rings is 2. The Morgan fingerprint density at radius 2 is 1.95 bits per heavy atom. The van der Waals surface area contributed by atoms with Gasteiger partial charge in [-0.15, -0.1) is 0 Å². The molecular weight excluding hydrogens is 274 g/mol. The Kier molecular flexibility index (Phi) is 2.94. The summed E-state index contributed by atoms with van der Waals surface area (Å²) in [6.07, 6.45) is 4.85. The van der Waals surface area contributed by atoms with Crippen LogP contribution in [0, 0.1) is 0 Å². The molecule has 0 bridgehead atoms. The summed E-state index contributed by atoms with van der Waals surface area (Å²) in [5.74, 6) is 0.760. The number of aromatic nitrogens is 2. The second kappa shape index (κ2) is 4.96. The standard InChI is InChI=1S/C17H17N5/c18-17(15-16(20-10-19-15)21-11-22-17)9-8-13-6-3-5-12-4-1-2-7-14(12)13/h1-7,10-11H,8-9,18H2,(H,19,20)(H,21,22). The van der Waals surface area contributed by atoms with Gasteiger partial charge in [0, 0.05) is 0 Å². The van der Waals surface area contributed by atoms with Crippen molar-refractivity contribution in [2.45, 2.75) is 18.5 Å². The summed E-state index contributed by atoms with van der Waals surface area (Å²) in [4.78, 5) is 11.8. The van der Waals surface area contributed by atoms with Gasteiger partial charge in [-0.1, -0.05) is 42.5 Å². The number of hydrogen-bond acceptors (Lipinski definition) is 4. The highest BCUT2D eigenvalue weighted by Gasteiger charge is 2.33. The van der Waals surface area contributed by atoms with Gasteiger partial charge in [0.1, 0.15) is 5.69 Å². The summed E-state index contributed by atoms with van der Waals surface area (Å²) < 4.78 is 0. The van der Waals surface area contributed by atoms with E-state index in [9.17, 15) is 0 Å². The van der Waals surface area contributed by atoms with E-state index in [1.54, 1.807) is 12.7 Å². The van der Waals surface area contributed by atoms with Crippen molar-refractivity contribution in [3.05, 3.63) is 60.0 Å². The van der Waals surface area contributed by atoms with Crippen LogP contribution in [0.4, 0.5) is 5.82 Å². The zero-order chi connectivity index (χ0) is 15.0. The first-order chi connectivity index (χ1) is 10.8. The van der Waals surface area contributed by atoms with E-state index in [0.717, 1.165) is 17.9 Å². The molecule has 3 aromatic rings. The molecule has 0 aliphatic carbocycles. The summed E-state index contributed by atoms with van der Waals surface area (Å²) >= 11 is 0. The van der Waals surface area contributed by atoms with Gasteiger partial charge in [0.2, 0.25) is 0 Å². The van der Waals surface area contributed by atoms with E-state index in [-0.39, 0.29) is 0 Å². The summed E-state index contributed by atoms with van der Waals surface area (Å²) in [5, 5.41) is 5.54. The van der Waals surface area contributed by atoms with Gasteiger partial charge in [0.25, 0.3) is 0 Å². The Balaban J connectivity index is 1.65. The number of aromatic amines is 1. The monoisotopic (exact) mass is 291 g/mol. The third-order valence-corrected chi connectivity index (χ3v) is 4.22. The lowest BCUT2D eigenvalue weighted by atomic mass is 9.94. The average Bonchev–Trinajstić information content (AvgIpc) is 3.03. The van der Waals surface area contributed by atoms with Crippen LogP contribution in [0.3, 0.4) is 0 Å². The van der Waals surface area contributed by atoms with E-state index in [0.29, 0.717) is 6.42 Å². The van der Waals surface area contributed by atoms with Crippen LogP contribution >= 0.6 is 0 Å². The molecule has 110 valence electrons. The minimum atomic E-state index is -0.756. The Morgan fingerprint density at radius 1 is 1.09 bits per heavy atom. The van der Waals surface area contributed by atoms with Crippen LogP contribution in [0.2, 0.25) is 0 Å². The van der Waals surface area contributed by atoms with Crippen molar-refractivity contribution < 1.29 is 0 Å². The normalized spacial score (nSPS) is 19.9. The predicted molar refractivity (Wildman–Crippen MR) is 88.8 cm³/mol. The fourth-order valence-electron chi connectivity index (χ4n) is 3.03. The van der Waals surface area contributed by atoms with Crippen LogP contribution in [0.15, 0.2) is 53.8 Å². The Hall–Kier alpha value is -2.66. The molecule has 0 radical (unpaired) electrons.